The third kappa shape index (κ3) is 2.89. The van der Waals surface area contributed by atoms with Crippen LogP contribution in [0.1, 0.15) is 18.9 Å². The molecular formula is C11H16ClNO. The van der Waals surface area contributed by atoms with Gasteiger partial charge in [0.25, 0.3) is 0 Å². The molecule has 0 aromatic heterocycles. The van der Waals surface area contributed by atoms with E-state index in [9.17, 15) is 5.11 Å². The minimum atomic E-state index is -0.298. The highest BCUT2D eigenvalue weighted by Crippen LogP contribution is 2.22. The van der Waals surface area contributed by atoms with Gasteiger partial charge in [0, 0.05) is 17.3 Å². The number of aliphatic hydroxyl groups is 1. The van der Waals surface area contributed by atoms with Crippen LogP contribution in [0.2, 0.25) is 5.02 Å². The number of benzene rings is 1. The predicted octanol–water partition coefficient (Wildman–Crippen LogP) is 2.83. The van der Waals surface area contributed by atoms with Crippen LogP contribution in [0.3, 0.4) is 0 Å². The van der Waals surface area contributed by atoms with Crippen LogP contribution in [0.25, 0.3) is 0 Å². The number of hydrogen-bond acceptors (Lipinski definition) is 2. The van der Waals surface area contributed by atoms with Crippen molar-refractivity contribution in [3.8, 4) is 0 Å². The molecule has 0 bridgehead atoms. The van der Waals surface area contributed by atoms with Gasteiger partial charge < -0.3 is 10.4 Å². The molecule has 0 spiro atoms. The Balaban J connectivity index is 2.63. The van der Waals surface area contributed by atoms with Gasteiger partial charge >= 0.3 is 0 Å². The Morgan fingerprint density at radius 2 is 2.21 bits per heavy atom. The summed E-state index contributed by atoms with van der Waals surface area (Å²) in [7, 11) is 0. The molecule has 0 saturated carbocycles. The topological polar surface area (TPSA) is 32.3 Å². The van der Waals surface area contributed by atoms with Crippen molar-refractivity contribution in [2.75, 3.05) is 11.9 Å². The second-order valence-electron chi connectivity index (χ2n) is 3.36. The first-order valence-corrected chi connectivity index (χ1v) is 5.20. The van der Waals surface area contributed by atoms with Gasteiger partial charge in [-0.3, -0.25) is 0 Å². The van der Waals surface area contributed by atoms with E-state index in [1.165, 1.54) is 0 Å². The smallest absolute Gasteiger partial charge is 0.0709 e. The van der Waals surface area contributed by atoms with Crippen LogP contribution in [0.4, 0.5) is 5.69 Å². The minimum absolute atomic E-state index is 0.298. The molecule has 1 atom stereocenters. The molecule has 0 fully saturated rings. The van der Waals surface area contributed by atoms with E-state index in [0.29, 0.717) is 6.54 Å². The zero-order chi connectivity index (χ0) is 10.6. The third-order valence-corrected chi connectivity index (χ3v) is 2.68. The number of anilines is 1. The molecule has 78 valence electrons. The Kier molecular flexibility index (Phi) is 4.23. The second kappa shape index (κ2) is 5.23. The lowest BCUT2D eigenvalue weighted by molar-refractivity contribution is 0.183. The Hall–Kier alpha value is -0.730. The number of hydrogen-bond donors (Lipinski definition) is 2. The predicted molar refractivity (Wildman–Crippen MR) is 61.0 cm³/mol. The summed E-state index contributed by atoms with van der Waals surface area (Å²) in [6.07, 6.45) is 0.459. The minimum Gasteiger partial charge on any atom is -0.391 e. The molecular weight excluding hydrogens is 198 g/mol. The molecule has 0 heterocycles. The summed E-state index contributed by atoms with van der Waals surface area (Å²) in [6, 6.07) is 5.72. The van der Waals surface area contributed by atoms with Crippen molar-refractivity contribution >= 4 is 17.3 Å². The molecule has 1 aromatic rings. The van der Waals surface area contributed by atoms with Gasteiger partial charge in [-0.2, -0.15) is 0 Å². The van der Waals surface area contributed by atoms with Gasteiger partial charge in [-0.15, -0.1) is 0 Å². The Morgan fingerprint density at radius 3 is 2.86 bits per heavy atom. The maximum atomic E-state index is 9.38. The number of aliphatic hydroxyl groups excluding tert-OH is 1. The van der Waals surface area contributed by atoms with Gasteiger partial charge in [0.2, 0.25) is 0 Å². The van der Waals surface area contributed by atoms with Gasteiger partial charge in [-0.05, 0) is 31.0 Å². The fourth-order valence-electron chi connectivity index (χ4n) is 1.17. The molecule has 2 N–H and O–H groups in total. The molecule has 0 saturated heterocycles. The van der Waals surface area contributed by atoms with E-state index in [2.05, 4.69) is 5.32 Å². The summed E-state index contributed by atoms with van der Waals surface area (Å²) in [5.41, 5.74) is 2.02. The summed E-state index contributed by atoms with van der Waals surface area (Å²) < 4.78 is 0. The molecule has 0 amide bonds. The molecule has 2 nitrogen and oxygen atoms in total. The zero-order valence-electron chi connectivity index (χ0n) is 8.55. The van der Waals surface area contributed by atoms with Crippen molar-refractivity contribution in [2.45, 2.75) is 26.4 Å². The van der Waals surface area contributed by atoms with E-state index in [1.54, 1.807) is 0 Å². The van der Waals surface area contributed by atoms with E-state index in [0.717, 1.165) is 22.7 Å². The summed E-state index contributed by atoms with van der Waals surface area (Å²) in [6.45, 7) is 4.48. The Bertz CT molecular complexity index is 301. The lowest BCUT2D eigenvalue weighted by Crippen LogP contribution is -2.18. The summed E-state index contributed by atoms with van der Waals surface area (Å²) in [5, 5.41) is 13.3. The SMILES string of the molecule is CCC(O)CNc1cccc(Cl)c1C. The fraction of sp³-hybridized carbons (Fsp3) is 0.455. The van der Waals surface area contributed by atoms with Crippen LogP contribution in [-0.2, 0) is 0 Å². The third-order valence-electron chi connectivity index (χ3n) is 2.27. The van der Waals surface area contributed by atoms with Crippen molar-refractivity contribution in [3.63, 3.8) is 0 Å². The van der Waals surface area contributed by atoms with Gasteiger partial charge in [-0.1, -0.05) is 24.6 Å². The number of nitrogens with one attached hydrogen (secondary N) is 1. The Morgan fingerprint density at radius 1 is 1.50 bits per heavy atom. The normalized spacial score (nSPS) is 12.6. The lowest BCUT2D eigenvalue weighted by atomic mass is 10.2. The van der Waals surface area contributed by atoms with Crippen molar-refractivity contribution in [3.05, 3.63) is 28.8 Å². The van der Waals surface area contributed by atoms with Crippen LogP contribution in [0.15, 0.2) is 18.2 Å². The van der Waals surface area contributed by atoms with Gasteiger partial charge in [0.05, 0.1) is 6.10 Å². The lowest BCUT2D eigenvalue weighted by Gasteiger charge is -2.13. The van der Waals surface area contributed by atoms with E-state index in [1.807, 2.05) is 32.0 Å². The standard InChI is InChI=1S/C11H16ClNO/c1-3-9(14)7-13-11-6-4-5-10(12)8(11)2/h4-6,9,13-14H,3,7H2,1-2H3. The molecule has 0 aliphatic rings. The quantitative estimate of drug-likeness (QED) is 0.806. The molecule has 1 rings (SSSR count). The van der Waals surface area contributed by atoms with Crippen LogP contribution < -0.4 is 5.32 Å². The van der Waals surface area contributed by atoms with Gasteiger partial charge in [0.15, 0.2) is 0 Å². The first-order valence-electron chi connectivity index (χ1n) is 4.82. The fourth-order valence-corrected chi connectivity index (χ4v) is 1.35. The summed E-state index contributed by atoms with van der Waals surface area (Å²) >= 11 is 5.96. The highest BCUT2D eigenvalue weighted by molar-refractivity contribution is 6.31. The average molecular weight is 214 g/mol. The molecule has 14 heavy (non-hydrogen) atoms. The monoisotopic (exact) mass is 213 g/mol. The highest BCUT2D eigenvalue weighted by atomic mass is 35.5. The van der Waals surface area contributed by atoms with E-state index >= 15 is 0 Å². The summed E-state index contributed by atoms with van der Waals surface area (Å²) in [4.78, 5) is 0. The first kappa shape index (κ1) is 11.3. The van der Waals surface area contributed by atoms with Gasteiger partial charge in [0.1, 0.15) is 0 Å². The second-order valence-corrected chi connectivity index (χ2v) is 3.76. The van der Waals surface area contributed by atoms with Crippen LogP contribution in [0, 0.1) is 6.92 Å². The largest absolute Gasteiger partial charge is 0.391 e. The van der Waals surface area contributed by atoms with Crippen molar-refractivity contribution in [1.82, 2.24) is 0 Å². The van der Waals surface area contributed by atoms with E-state index in [4.69, 9.17) is 11.6 Å². The van der Waals surface area contributed by atoms with E-state index < -0.39 is 0 Å². The van der Waals surface area contributed by atoms with Crippen LogP contribution >= 0.6 is 11.6 Å². The average Bonchev–Trinajstić information content (AvgIpc) is 2.20. The van der Waals surface area contributed by atoms with Crippen molar-refractivity contribution < 1.29 is 5.11 Å². The van der Waals surface area contributed by atoms with E-state index in [-0.39, 0.29) is 6.10 Å². The maximum absolute atomic E-state index is 9.38. The molecule has 1 unspecified atom stereocenters. The molecule has 1 aromatic carbocycles. The van der Waals surface area contributed by atoms with Crippen molar-refractivity contribution in [1.29, 1.82) is 0 Å². The maximum Gasteiger partial charge on any atom is 0.0709 e. The zero-order valence-corrected chi connectivity index (χ0v) is 9.30. The Labute approximate surface area is 89.9 Å². The summed E-state index contributed by atoms with van der Waals surface area (Å²) in [5.74, 6) is 0. The van der Waals surface area contributed by atoms with Gasteiger partial charge in [-0.25, -0.2) is 0 Å². The highest BCUT2D eigenvalue weighted by Gasteiger charge is 2.03. The molecule has 0 radical (unpaired) electrons. The molecule has 3 heteroatoms. The first-order chi connectivity index (χ1) is 6.65. The van der Waals surface area contributed by atoms with Crippen molar-refractivity contribution in [2.24, 2.45) is 0 Å². The number of halogens is 1. The number of rotatable bonds is 4. The molecule has 0 aliphatic carbocycles. The van der Waals surface area contributed by atoms with Crippen LogP contribution in [-0.4, -0.2) is 17.8 Å². The van der Waals surface area contributed by atoms with Crippen LogP contribution in [0.5, 0.6) is 0 Å². The molecule has 0 aliphatic heterocycles.